The molecule has 236 valence electrons. The number of ether oxygens (including phenoxy) is 2. The second kappa shape index (κ2) is 11.5. The van der Waals surface area contributed by atoms with Gasteiger partial charge in [0.05, 0.1) is 25.0 Å². The molecule has 6 rings (SSSR count). The van der Waals surface area contributed by atoms with E-state index in [1.807, 2.05) is 0 Å². The fourth-order valence-corrected chi connectivity index (χ4v) is 7.16. The minimum atomic E-state index is -4.98. The first kappa shape index (κ1) is 30.7. The number of nitrogens with one attached hydrogen (secondary N) is 1. The number of H-pyrrole nitrogens is 1. The number of nitrogen functional groups attached to an aromatic ring is 1. The molecule has 2 unspecified atom stereocenters. The van der Waals surface area contributed by atoms with Crippen molar-refractivity contribution in [2.24, 2.45) is 0 Å². The molecule has 6 heterocycles. The highest BCUT2D eigenvalue weighted by atomic mass is 31.2. The van der Waals surface area contributed by atoms with Gasteiger partial charge in [-0.25, -0.2) is 19.9 Å². The first-order chi connectivity index (χ1) is 20.9. The molecule has 0 aromatic carbocycles. The van der Waals surface area contributed by atoms with Gasteiger partial charge < -0.3 is 39.9 Å². The van der Waals surface area contributed by atoms with Gasteiger partial charge in [-0.2, -0.15) is 4.98 Å². The normalized spacial score (nSPS) is 30.7. The van der Waals surface area contributed by atoms with E-state index in [1.165, 1.54) is 17.2 Å². The van der Waals surface area contributed by atoms with E-state index in [0.717, 1.165) is 10.9 Å². The molecule has 0 radical (unpaired) electrons. The van der Waals surface area contributed by atoms with Crippen molar-refractivity contribution in [2.45, 2.75) is 55.6 Å². The predicted molar refractivity (Wildman–Crippen MR) is 144 cm³/mol. The Balaban J connectivity index is 1.26. The lowest BCUT2D eigenvalue weighted by Gasteiger charge is -2.27. The summed E-state index contributed by atoms with van der Waals surface area (Å²) in [7, 11) is -8.09. The van der Waals surface area contributed by atoms with Crippen LogP contribution in [0, 0.1) is 6.92 Å². The van der Waals surface area contributed by atoms with E-state index in [1.54, 1.807) is 6.92 Å². The summed E-state index contributed by atoms with van der Waals surface area (Å²) in [5.74, 6) is -0.298. The van der Waals surface area contributed by atoms with Crippen LogP contribution in [0.5, 0.6) is 0 Å². The molecule has 2 aliphatic heterocycles. The third-order valence-electron chi connectivity index (χ3n) is 7.36. The van der Waals surface area contributed by atoms with E-state index in [9.17, 15) is 34.1 Å². The number of nitrogens with zero attached hydrogens (tertiary/aromatic N) is 7. The molecule has 0 amide bonds. The van der Waals surface area contributed by atoms with Crippen molar-refractivity contribution >= 4 is 44.1 Å². The highest BCUT2D eigenvalue weighted by Crippen LogP contribution is 2.57. The number of aromatic nitrogens is 8. The summed E-state index contributed by atoms with van der Waals surface area (Å²) < 4.78 is 48.8. The summed E-state index contributed by atoms with van der Waals surface area (Å²) in [4.78, 5) is 55.1. The second-order valence-corrected chi connectivity index (χ2v) is 12.8. The molecule has 0 aliphatic carbocycles. The maximum absolute atomic E-state index is 13.7. The van der Waals surface area contributed by atoms with Crippen molar-refractivity contribution in [2.75, 3.05) is 18.9 Å². The Morgan fingerprint density at radius 1 is 1.00 bits per heavy atom. The van der Waals surface area contributed by atoms with Gasteiger partial charge in [-0.15, -0.1) is 9.42 Å². The number of hydrogen-bond acceptors (Lipinski definition) is 16. The molecule has 4 aromatic rings. The molecule has 4 aromatic heterocycles. The monoisotopic (exact) mass is 658 g/mol. The van der Waals surface area contributed by atoms with Crippen molar-refractivity contribution in [3.8, 4) is 0 Å². The van der Waals surface area contributed by atoms with Crippen LogP contribution in [0.3, 0.4) is 0 Å². The summed E-state index contributed by atoms with van der Waals surface area (Å²) in [5, 5.41) is 32.5. The lowest BCUT2D eigenvalue weighted by Crippen LogP contribution is -2.36. The zero-order chi connectivity index (χ0) is 31.5. The van der Waals surface area contributed by atoms with E-state index in [4.69, 9.17) is 24.6 Å². The molecule has 2 fully saturated rings. The lowest BCUT2D eigenvalue weighted by molar-refractivity contribution is -0.0494. The van der Waals surface area contributed by atoms with Crippen LogP contribution in [-0.2, 0) is 27.7 Å². The molecular weight excluding hydrogens is 632 g/mol. The Bertz CT molecular complexity index is 1830. The highest BCUT2D eigenvalue weighted by Gasteiger charge is 2.56. The average molecular weight is 658 g/mol. The van der Waals surface area contributed by atoms with E-state index in [-0.39, 0.29) is 17.1 Å². The van der Waals surface area contributed by atoms with Crippen molar-refractivity contribution in [1.82, 2.24) is 39.0 Å². The summed E-state index contributed by atoms with van der Waals surface area (Å²) >= 11 is 0. The predicted octanol–water partition coefficient (Wildman–Crippen LogP) is -2.04. The molecule has 0 bridgehead atoms. The number of aliphatic hydroxyl groups is 3. The van der Waals surface area contributed by atoms with Gasteiger partial charge in [-0.05, 0) is 6.92 Å². The number of aromatic amines is 1. The fraction of sp³-hybridized carbons (Fsp3) is 0.524. The van der Waals surface area contributed by atoms with Crippen LogP contribution in [0.25, 0.3) is 22.3 Å². The van der Waals surface area contributed by atoms with E-state index >= 15 is 0 Å². The Morgan fingerprint density at radius 2 is 1.66 bits per heavy atom. The molecule has 23 heteroatoms. The number of anilines is 1. The van der Waals surface area contributed by atoms with Gasteiger partial charge in [0.1, 0.15) is 54.6 Å². The highest BCUT2D eigenvalue weighted by molar-refractivity contribution is 7.53. The zero-order valence-corrected chi connectivity index (χ0v) is 24.2. The Hall–Kier alpha value is -3.33. The number of rotatable bonds is 9. The summed E-state index contributed by atoms with van der Waals surface area (Å²) in [5.41, 5.74) is 4.11. The van der Waals surface area contributed by atoms with Crippen LogP contribution in [0.15, 0.2) is 23.8 Å². The van der Waals surface area contributed by atoms with Gasteiger partial charge in [-0.3, -0.25) is 23.5 Å². The molecule has 8 N–H and O–H groups in total. The average Bonchev–Trinajstić information content (AvgIpc) is 3.72. The summed E-state index contributed by atoms with van der Waals surface area (Å²) in [6.07, 6.45) is -6.74. The Morgan fingerprint density at radius 3 is 2.39 bits per heavy atom. The smallest absolute Gasteiger partial charge is 0.389 e. The van der Waals surface area contributed by atoms with E-state index in [2.05, 4.69) is 34.4 Å². The van der Waals surface area contributed by atoms with Crippen molar-refractivity contribution < 1.29 is 52.8 Å². The SMILES string of the molecule is Cc1ncnc2c1ncn2[C@@H]1O[C@H](COP(=O)(O)[C@@H]2[C@H](O)[C@@H](CO[P+](=O)O)O[C@H]2n2cnc3c(=O)[nH]c(N)nc32)[C@@H](O)[C@H]1O. The molecular formula is C21H26N9O12P2+. The van der Waals surface area contributed by atoms with Gasteiger partial charge in [-0.1, -0.05) is 0 Å². The van der Waals surface area contributed by atoms with Crippen LogP contribution in [0.1, 0.15) is 18.1 Å². The fourth-order valence-electron chi connectivity index (χ4n) is 5.24. The van der Waals surface area contributed by atoms with Gasteiger partial charge in [0.25, 0.3) is 5.56 Å². The zero-order valence-electron chi connectivity index (χ0n) is 22.5. The Kier molecular flexibility index (Phi) is 8.05. The quantitative estimate of drug-likeness (QED) is 0.0953. The largest absolute Gasteiger partial charge is 0.694 e. The van der Waals surface area contributed by atoms with Gasteiger partial charge >= 0.3 is 15.9 Å². The third kappa shape index (κ3) is 5.31. The minimum absolute atomic E-state index is 0.157. The lowest BCUT2D eigenvalue weighted by atomic mass is 10.1. The van der Waals surface area contributed by atoms with Gasteiger partial charge in [0, 0.05) is 4.57 Å². The van der Waals surface area contributed by atoms with Crippen LogP contribution in [-0.4, -0.2) is 114 Å². The van der Waals surface area contributed by atoms with Crippen LogP contribution >= 0.6 is 15.9 Å². The third-order valence-corrected chi connectivity index (χ3v) is 9.57. The molecule has 2 aliphatic rings. The van der Waals surface area contributed by atoms with E-state index < -0.39 is 83.3 Å². The molecule has 0 spiro atoms. The van der Waals surface area contributed by atoms with Crippen LogP contribution in [0.2, 0.25) is 0 Å². The summed E-state index contributed by atoms with van der Waals surface area (Å²) in [6, 6.07) is 0. The maximum atomic E-state index is 13.7. The first-order valence-corrected chi connectivity index (χ1v) is 15.6. The molecule has 21 nitrogen and oxygen atoms in total. The van der Waals surface area contributed by atoms with Crippen molar-refractivity contribution in [3.05, 3.63) is 35.0 Å². The number of aliphatic hydroxyl groups excluding tert-OH is 3. The van der Waals surface area contributed by atoms with Crippen LogP contribution < -0.4 is 11.3 Å². The molecule has 2 saturated heterocycles. The standard InChI is InChI=1S/C21H25N9O12P2/c1-7-10-16(24-4-23-7)29(5-25-10)19-14(33)12(31)9(41-19)3-40-44(37,38)15-13(32)8(2-39-43(35)36)42-20(15)30-6-26-11-17(30)27-21(22)28-18(11)34/h4-6,8-9,12-15,19-20,31-33H,2-3H2,1H3,(H4-,22,27,28,34,35,36,37,38)/p+1/t8-,9-,12-,13-,14-,15-,19-,20-/m1/s1. The van der Waals surface area contributed by atoms with Gasteiger partial charge in [0.2, 0.25) is 5.95 Å². The van der Waals surface area contributed by atoms with Crippen molar-refractivity contribution in [1.29, 1.82) is 0 Å². The minimum Gasteiger partial charge on any atom is -0.389 e. The number of fused-ring (bicyclic) bond motifs is 2. The topological polar surface area (TPSA) is 305 Å². The maximum Gasteiger partial charge on any atom is 0.694 e. The molecule has 44 heavy (non-hydrogen) atoms. The van der Waals surface area contributed by atoms with Gasteiger partial charge in [0.15, 0.2) is 29.3 Å². The van der Waals surface area contributed by atoms with E-state index in [0.29, 0.717) is 16.9 Å². The first-order valence-electron chi connectivity index (χ1n) is 12.8. The number of nitrogens with two attached hydrogens (primary N) is 1. The Labute approximate surface area is 245 Å². The number of aryl methyl sites for hydroxylation is 1. The van der Waals surface area contributed by atoms with Crippen LogP contribution in [0.4, 0.5) is 5.95 Å². The molecule has 10 atom stereocenters. The number of imidazole rings is 2. The summed E-state index contributed by atoms with van der Waals surface area (Å²) in [6.45, 7) is 0.309. The second-order valence-electron chi connectivity index (χ2n) is 10.0. The van der Waals surface area contributed by atoms with Crippen molar-refractivity contribution in [3.63, 3.8) is 0 Å². The number of hydrogen-bond donors (Lipinski definition) is 7. The molecule has 0 saturated carbocycles.